The highest BCUT2D eigenvalue weighted by molar-refractivity contribution is 6.24. The van der Waals surface area contributed by atoms with Crippen LogP contribution in [-0.2, 0) is 0 Å². The van der Waals surface area contributed by atoms with Crippen LogP contribution in [0.4, 0.5) is 34.1 Å². The summed E-state index contributed by atoms with van der Waals surface area (Å²) in [6.45, 7) is 0. The number of para-hydroxylation sites is 4. The van der Waals surface area contributed by atoms with Crippen LogP contribution in [0, 0.1) is 0 Å². The molecular formula is C98H88N6. The highest BCUT2D eigenvalue weighted by Crippen LogP contribution is 2.53. The molecule has 0 radical (unpaired) electrons. The molecule has 510 valence electrons. The fraction of sp³-hybridized carbons (Fsp3) is 0.245. The highest BCUT2D eigenvalue weighted by Gasteiger charge is 2.30. The summed E-state index contributed by atoms with van der Waals surface area (Å²) in [7, 11) is 0. The van der Waals surface area contributed by atoms with Crippen LogP contribution in [0.1, 0.15) is 174 Å². The third kappa shape index (κ3) is 12.3. The largest absolute Gasteiger partial charge is 0.310 e. The second-order valence-electron chi connectivity index (χ2n) is 30.5. The maximum absolute atomic E-state index is 5.38. The second kappa shape index (κ2) is 28.1. The molecule has 2 aromatic heterocycles. The van der Waals surface area contributed by atoms with E-state index in [1.165, 1.54) is 228 Å². The van der Waals surface area contributed by atoms with E-state index in [9.17, 15) is 0 Å². The Kier molecular flexibility index (Phi) is 17.3. The van der Waals surface area contributed by atoms with Crippen molar-refractivity contribution in [2.24, 2.45) is 0 Å². The van der Waals surface area contributed by atoms with E-state index in [0.29, 0.717) is 23.7 Å². The second-order valence-corrected chi connectivity index (χ2v) is 30.5. The first-order chi connectivity index (χ1) is 51.5. The summed E-state index contributed by atoms with van der Waals surface area (Å²) in [5.41, 5.74) is 29.4. The Hall–Kier alpha value is -10.8. The molecule has 2 heterocycles. The summed E-state index contributed by atoms with van der Waals surface area (Å²) in [4.78, 5) is 26.4. The first-order valence-corrected chi connectivity index (χ1v) is 39.1. The number of hydrogen-bond acceptors (Lipinski definition) is 6. The van der Waals surface area contributed by atoms with Crippen LogP contribution < -0.4 is 9.80 Å². The summed E-state index contributed by atoms with van der Waals surface area (Å²) < 4.78 is 0. The number of rotatable bonds is 14. The normalized spacial score (nSPS) is 15.9. The van der Waals surface area contributed by atoms with E-state index in [4.69, 9.17) is 19.9 Å². The molecule has 0 atom stereocenters. The number of aromatic nitrogens is 4. The first-order valence-electron chi connectivity index (χ1n) is 39.1. The lowest BCUT2D eigenvalue weighted by Gasteiger charge is -2.32. The van der Waals surface area contributed by atoms with Crippen LogP contribution in [0.3, 0.4) is 0 Å². The van der Waals surface area contributed by atoms with E-state index in [1.54, 1.807) is 0 Å². The van der Waals surface area contributed by atoms with Crippen LogP contribution in [-0.4, -0.2) is 19.9 Å². The molecule has 0 spiro atoms. The zero-order valence-electron chi connectivity index (χ0n) is 59.5. The average Bonchev–Trinajstić information content (AvgIpc) is 0.717. The molecule has 104 heavy (non-hydrogen) atoms. The standard InChI is InChI=1S/C98H88N6/c1-7-27-65(28-8-1)71-55-72(66-29-9-2-10-30-66)58-79(57-71)103(77-49-53-93-95(63-77)101-91-45-25-23-43-89(91)99-93)75-47-51-85-87(61-75)97(83-41-21-19-39-81(83)69-35-15-5-16-36-69)86-52-48-76(62-88(86)98(85)84-42-22-20-40-82(84)70-37-17-6-18-38-70)104(78-50-54-94-96(64-78)102-92-46-26-24-44-90(92)100-94)80-59-73(67-31-11-3-12-32-67)56-74(60-80)68-33-13-4-14-34-68/h5-6,15-26,35-68H,1-4,7-14,27-34H2. The molecule has 4 aliphatic rings. The quantitative estimate of drug-likeness (QED) is 0.101. The Bertz CT molecular complexity index is 5270. The predicted octanol–water partition coefficient (Wildman–Crippen LogP) is 28.0. The monoisotopic (exact) mass is 1350 g/mol. The maximum atomic E-state index is 5.38. The van der Waals surface area contributed by atoms with Gasteiger partial charge in [0, 0.05) is 34.1 Å². The van der Waals surface area contributed by atoms with Crippen LogP contribution in [0.2, 0.25) is 0 Å². The predicted molar refractivity (Wildman–Crippen MR) is 437 cm³/mol. The minimum absolute atomic E-state index is 0.522. The number of fused-ring (bicyclic) bond motifs is 6. The molecule has 6 nitrogen and oxygen atoms in total. The van der Waals surface area contributed by atoms with Gasteiger partial charge in [-0.25, -0.2) is 19.9 Å². The Balaban J connectivity index is 0.913. The van der Waals surface area contributed by atoms with E-state index < -0.39 is 0 Å². The molecule has 15 aromatic rings. The number of nitrogens with zero attached hydrogens (tertiary/aromatic N) is 6. The van der Waals surface area contributed by atoms with Crippen LogP contribution in [0.25, 0.3) is 110 Å². The Morgan fingerprint density at radius 2 is 0.481 bits per heavy atom. The lowest BCUT2D eigenvalue weighted by molar-refractivity contribution is 0.435. The molecule has 19 rings (SSSR count). The minimum Gasteiger partial charge on any atom is -0.310 e. The van der Waals surface area contributed by atoms with Gasteiger partial charge in [0.15, 0.2) is 0 Å². The van der Waals surface area contributed by atoms with Crippen molar-refractivity contribution in [1.82, 2.24) is 19.9 Å². The molecule has 0 aliphatic heterocycles. The minimum atomic E-state index is 0.522. The zero-order chi connectivity index (χ0) is 68.9. The van der Waals surface area contributed by atoms with Crippen LogP contribution in [0.5, 0.6) is 0 Å². The molecule has 13 aromatic carbocycles. The Morgan fingerprint density at radius 3 is 0.827 bits per heavy atom. The van der Waals surface area contributed by atoms with Crippen molar-refractivity contribution in [3.05, 3.63) is 289 Å². The maximum Gasteiger partial charge on any atom is 0.0915 e. The first kappa shape index (κ1) is 64.1. The van der Waals surface area contributed by atoms with E-state index >= 15 is 0 Å². The van der Waals surface area contributed by atoms with E-state index in [1.807, 2.05) is 0 Å². The van der Waals surface area contributed by atoms with E-state index in [2.05, 4.69) is 277 Å². The third-order valence-electron chi connectivity index (χ3n) is 24.1. The highest BCUT2D eigenvalue weighted by atomic mass is 15.2. The fourth-order valence-electron chi connectivity index (χ4n) is 18.9. The molecule has 0 saturated heterocycles. The van der Waals surface area contributed by atoms with Crippen molar-refractivity contribution < 1.29 is 0 Å². The number of hydrogen-bond donors (Lipinski definition) is 0. The summed E-state index contributed by atoms with van der Waals surface area (Å²) >= 11 is 0. The SMILES string of the molecule is c1ccc(-c2ccccc2-c2c3ccc(N(c4cc(C5CCCCC5)cc(C5CCCCC5)c4)c4ccc5nc6ccccc6nc5c4)cc3c(-c3ccccc3-c3ccccc3)c3ccc(N(c4cc(C5CCCCC5)cc(C5CCCCC5)c4)c4ccc5nc6ccccc6nc5c4)cc23)cc1. The third-order valence-corrected chi connectivity index (χ3v) is 24.1. The lowest BCUT2D eigenvalue weighted by Crippen LogP contribution is -2.14. The molecule has 0 unspecified atom stereocenters. The van der Waals surface area contributed by atoms with Crippen molar-refractivity contribution in [2.75, 3.05) is 9.80 Å². The van der Waals surface area contributed by atoms with Gasteiger partial charge in [-0.2, -0.15) is 0 Å². The van der Waals surface area contributed by atoms with Crippen molar-refractivity contribution in [3.8, 4) is 44.5 Å². The smallest absolute Gasteiger partial charge is 0.0915 e. The van der Waals surface area contributed by atoms with Crippen LogP contribution >= 0.6 is 0 Å². The van der Waals surface area contributed by atoms with Crippen molar-refractivity contribution in [1.29, 1.82) is 0 Å². The molecule has 4 aliphatic carbocycles. The van der Waals surface area contributed by atoms with Crippen molar-refractivity contribution in [2.45, 2.75) is 152 Å². The average molecular weight is 1350 g/mol. The summed E-state index contributed by atoms with van der Waals surface area (Å²) in [6, 6.07) is 101. The van der Waals surface area contributed by atoms with Gasteiger partial charge in [0.25, 0.3) is 0 Å². The molecule has 0 bridgehead atoms. The van der Waals surface area contributed by atoms with Crippen LogP contribution in [0.15, 0.2) is 267 Å². The summed E-state index contributed by atoms with van der Waals surface area (Å²) in [5.74, 6) is 2.09. The van der Waals surface area contributed by atoms with Gasteiger partial charge in [0.1, 0.15) is 0 Å². The molecule has 0 amide bonds. The van der Waals surface area contributed by atoms with Crippen molar-refractivity contribution >= 4 is 99.8 Å². The fourth-order valence-corrected chi connectivity index (χ4v) is 18.9. The Morgan fingerprint density at radius 1 is 0.202 bits per heavy atom. The van der Waals surface area contributed by atoms with Gasteiger partial charge in [-0.05, 0) is 273 Å². The van der Waals surface area contributed by atoms with Gasteiger partial charge in [-0.3, -0.25) is 0 Å². The zero-order valence-corrected chi connectivity index (χ0v) is 59.5. The van der Waals surface area contributed by atoms with Gasteiger partial charge in [0.2, 0.25) is 0 Å². The van der Waals surface area contributed by atoms with Gasteiger partial charge in [-0.15, -0.1) is 0 Å². The summed E-state index contributed by atoms with van der Waals surface area (Å²) in [6.07, 6.45) is 25.3. The van der Waals surface area contributed by atoms with Gasteiger partial charge >= 0.3 is 0 Å². The molecule has 6 heteroatoms. The van der Waals surface area contributed by atoms with Crippen molar-refractivity contribution in [3.63, 3.8) is 0 Å². The summed E-state index contributed by atoms with van der Waals surface area (Å²) in [5, 5.41) is 4.75. The van der Waals surface area contributed by atoms with Gasteiger partial charge in [-0.1, -0.05) is 235 Å². The molecular weight excluding hydrogens is 1260 g/mol. The molecule has 0 N–H and O–H groups in total. The molecule has 4 saturated carbocycles. The topological polar surface area (TPSA) is 58.0 Å². The van der Waals surface area contributed by atoms with Gasteiger partial charge < -0.3 is 9.80 Å². The van der Waals surface area contributed by atoms with Gasteiger partial charge in [0.05, 0.1) is 44.1 Å². The Labute approximate surface area is 611 Å². The van der Waals surface area contributed by atoms with E-state index in [-0.39, 0.29) is 0 Å². The molecule has 4 fully saturated rings. The number of benzene rings is 13. The van der Waals surface area contributed by atoms with E-state index in [0.717, 1.165) is 66.9 Å². The number of anilines is 6. The lowest BCUT2D eigenvalue weighted by atomic mass is 9.79.